The van der Waals surface area contributed by atoms with Crippen LogP contribution in [0.3, 0.4) is 0 Å². The topological polar surface area (TPSA) is 75.7 Å². The molecule has 27 heavy (non-hydrogen) atoms. The quantitative estimate of drug-likeness (QED) is 0.772. The Morgan fingerprint density at radius 2 is 1.89 bits per heavy atom. The summed E-state index contributed by atoms with van der Waals surface area (Å²) in [6, 6.07) is 11.9. The van der Waals surface area contributed by atoms with Crippen LogP contribution in [0.15, 0.2) is 47.4 Å². The number of carbonyl (C=O) groups is 1. The molecule has 0 spiro atoms. The van der Waals surface area contributed by atoms with E-state index in [1.165, 1.54) is 11.4 Å². The van der Waals surface area contributed by atoms with E-state index in [0.29, 0.717) is 30.0 Å². The zero-order valence-electron chi connectivity index (χ0n) is 15.7. The van der Waals surface area contributed by atoms with Gasteiger partial charge >= 0.3 is 0 Å². The number of hydrogen-bond acceptors (Lipinski definition) is 4. The number of hydrogen-bond donors (Lipinski definition) is 1. The van der Waals surface area contributed by atoms with Gasteiger partial charge in [0.15, 0.2) is 0 Å². The lowest BCUT2D eigenvalue weighted by Gasteiger charge is -2.29. The second kappa shape index (κ2) is 7.70. The minimum atomic E-state index is -3.58. The molecule has 0 bridgehead atoms. The third kappa shape index (κ3) is 3.84. The van der Waals surface area contributed by atoms with Crippen LogP contribution >= 0.6 is 0 Å². The van der Waals surface area contributed by atoms with Gasteiger partial charge in [0.1, 0.15) is 0 Å². The fourth-order valence-corrected chi connectivity index (χ4v) is 4.47. The molecule has 0 radical (unpaired) electrons. The van der Waals surface area contributed by atoms with E-state index in [4.69, 9.17) is 4.74 Å². The zero-order chi connectivity index (χ0) is 19.6. The van der Waals surface area contributed by atoms with Crippen molar-refractivity contribution in [1.29, 1.82) is 0 Å². The highest BCUT2D eigenvalue weighted by molar-refractivity contribution is 7.93. The number of nitrogens with zero attached hydrogens (tertiary/aromatic N) is 1. The second-order valence-corrected chi connectivity index (χ2v) is 8.67. The van der Waals surface area contributed by atoms with E-state index in [-0.39, 0.29) is 16.9 Å². The standard InChI is InChI=1S/C20H24N2O4S/c1-14(2)26-12-6-11-21-20(23)15-9-10-18-17(13-15)16-7-4-5-8-19(16)27(24,25)22(18)3/h4-5,7-10,13-14H,6,11-12H2,1-3H3,(H,21,23). The van der Waals surface area contributed by atoms with Crippen LogP contribution in [-0.2, 0) is 14.8 Å². The monoisotopic (exact) mass is 388 g/mol. The van der Waals surface area contributed by atoms with Crippen LogP contribution in [0.4, 0.5) is 5.69 Å². The summed E-state index contributed by atoms with van der Waals surface area (Å²) >= 11 is 0. The Bertz CT molecular complexity index is 954. The van der Waals surface area contributed by atoms with Crippen LogP contribution < -0.4 is 9.62 Å². The van der Waals surface area contributed by atoms with Gasteiger partial charge in [0.2, 0.25) is 0 Å². The average Bonchev–Trinajstić information content (AvgIpc) is 2.65. The largest absolute Gasteiger partial charge is 0.379 e. The van der Waals surface area contributed by atoms with E-state index >= 15 is 0 Å². The van der Waals surface area contributed by atoms with Crippen molar-refractivity contribution in [2.75, 3.05) is 24.5 Å². The van der Waals surface area contributed by atoms with Gasteiger partial charge in [0.25, 0.3) is 15.9 Å². The molecule has 0 saturated carbocycles. The van der Waals surface area contributed by atoms with E-state index in [1.54, 1.807) is 42.5 Å². The van der Waals surface area contributed by atoms with Crippen molar-refractivity contribution in [2.24, 2.45) is 0 Å². The number of carbonyl (C=O) groups excluding carboxylic acids is 1. The Labute approximate surface area is 160 Å². The normalized spacial score (nSPS) is 14.6. The molecule has 0 saturated heterocycles. The molecule has 0 fully saturated rings. The Balaban J connectivity index is 1.82. The Morgan fingerprint density at radius 1 is 1.15 bits per heavy atom. The predicted octanol–water partition coefficient (Wildman–Crippen LogP) is 3.04. The third-order valence-corrected chi connectivity index (χ3v) is 6.30. The molecule has 144 valence electrons. The Morgan fingerprint density at radius 3 is 2.63 bits per heavy atom. The molecule has 3 rings (SSSR count). The van der Waals surface area contributed by atoms with Crippen molar-refractivity contribution in [3.05, 3.63) is 48.0 Å². The van der Waals surface area contributed by atoms with Crippen molar-refractivity contribution >= 4 is 21.6 Å². The number of rotatable bonds is 6. The molecule has 0 aliphatic carbocycles. The number of nitrogens with one attached hydrogen (secondary N) is 1. The summed E-state index contributed by atoms with van der Waals surface area (Å²) in [6.07, 6.45) is 0.910. The SMILES string of the molecule is CC(C)OCCCNC(=O)c1ccc2c(c1)-c1ccccc1S(=O)(=O)N2C. The fourth-order valence-electron chi connectivity index (χ4n) is 3.05. The third-order valence-electron chi connectivity index (χ3n) is 4.47. The first-order chi connectivity index (χ1) is 12.8. The fraction of sp³-hybridized carbons (Fsp3) is 0.350. The Hall–Kier alpha value is -2.38. The summed E-state index contributed by atoms with van der Waals surface area (Å²) < 4.78 is 32.1. The molecule has 6 nitrogen and oxygen atoms in total. The predicted molar refractivity (Wildman–Crippen MR) is 106 cm³/mol. The van der Waals surface area contributed by atoms with Gasteiger partial charge in [0.05, 0.1) is 16.7 Å². The minimum absolute atomic E-state index is 0.176. The first-order valence-electron chi connectivity index (χ1n) is 8.94. The van der Waals surface area contributed by atoms with Crippen molar-refractivity contribution in [1.82, 2.24) is 5.32 Å². The lowest BCUT2D eigenvalue weighted by Crippen LogP contribution is -2.31. The van der Waals surface area contributed by atoms with Crippen LogP contribution in [-0.4, -0.2) is 40.6 Å². The van der Waals surface area contributed by atoms with Crippen molar-refractivity contribution in [3.63, 3.8) is 0 Å². The summed E-state index contributed by atoms with van der Waals surface area (Å²) in [5, 5.41) is 2.88. The van der Waals surface area contributed by atoms with Gasteiger partial charge in [-0.2, -0.15) is 0 Å². The van der Waals surface area contributed by atoms with Gasteiger partial charge in [0, 0.05) is 36.9 Å². The van der Waals surface area contributed by atoms with Crippen molar-refractivity contribution < 1.29 is 17.9 Å². The van der Waals surface area contributed by atoms with Gasteiger partial charge in [-0.25, -0.2) is 8.42 Å². The lowest BCUT2D eigenvalue weighted by molar-refractivity contribution is 0.0757. The number of benzene rings is 2. The van der Waals surface area contributed by atoms with Crippen molar-refractivity contribution in [2.45, 2.75) is 31.3 Å². The molecule has 7 heteroatoms. The highest BCUT2D eigenvalue weighted by Gasteiger charge is 2.32. The van der Waals surface area contributed by atoms with Gasteiger partial charge in [-0.05, 0) is 44.5 Å². The number of fused-ring (bicyclic) bond motifs is 3. The molecule has 1 N–H and O–H groups in total. The molecule has 2 aromatic carbocycles. The molecule has 1 aliphatic rings. The van der Waals surface area contributed by atoms with E-state index < -0.39 is 10.0 Å². The number of sulfonamides is 1. The molecular formula is C20H24N2O4S. The summed E-state index contributed by atoms with van der Waals surface area (Å²) in [6.45, 7) is 5.06. The van der Waals surface area contributed by atoms with Crippen LogP contribution in [0, 0.1) is 0 Å². The molecule has 0 atom stereocenters. The van der Waals surface area contributed by atoms with Crippen LogP contribution in [0.2, 0.25) is 0 Å². The van der Waals surface area contributed by atoms with E-state index in [9.17, 15) is 13.2 Å². The van der Waals surface area contributed by atoms with Gasteiger partial charge in [-0.15, -0.1) is 0 Å². The smallest absolute Gasteiger partial charge is 0.264 e. The van der Waals surface area contributed by atoms with E-state index in [0.717, 1.165) is 12.0 Å². The first kappa shape index (κ1) is 19.4. The zero-order valence-corrected chi connectivity index (χ0v) is 16.5. The molecule has 1 heterocycles. The molecule has 1 aliphatic heterocycles. The molecule has 0 unspecified atom stereocenters. The van der Waals surface area contributed by atoms with Crippen LogP contribution in [0.25, 0.3) is 11.1 Å². The maximum atomic E-state index is 12.7. The maximum Gasteiger partial charge on any atom is 0.264 e. The summed E-state index contributed by atoms with van der Waals surface area (Å²) in [5.74, 6) is -0.184. The second-order valence-electron chi connectivity index (χ2n) is 6.73. The summed E-state index contributed by atoms with van der Waals surface area (Å²) in [4.78, 5) is 12.7. The lowest BCUT2D eigenvalue weighted by atomic mass is 10.00. The number of ether oxygens (including phenoxy) is 1. The molecule has 0 aromatic heterocycles. The first-order valence-corrected chi connectivity index (χ1v) is 10.4. The van der Waals surface area contributed by atoms with E-state index in [1.807, 2.05) is 13.8 Å². The average molecular weight is 388 g/mol. The van der Waals surface area contributed by atoms with E-state index in [2.05, 4.69) is 5.32 Å². The Kier molecular flexibility index (Phi) is 5.53. The highest BCUT2D eigenvalue weighted by Crippen LogP contribution is 2.42. The molecule has 2 aromatic rings. The molecular weight excluding hydrogens is 364 g/mol. The maximum absolute atomic E-state index is 12.7. The van der Waals surface area contributed by atoms with Crippen LogP contribution in [0.1, 0.15) is 30.6 Å². The van der Waals surface area contributed by atoms with Gasteiger partial charge < -0.3 is 10.1 Å². The van der Waals surface area contributed by atoms with Crippen LogP contribution in [0.5, 0.6) is 0 Å². The highest BCUT2D eigenvalue weighted by atomic mass is 32.2. The number of amides is 1. The summed E-state index contributed by atoms with van der Waals surface area (Å²) in [5.41, 5.74) is 2.42. The summed E-state index contributed by atoms with van der Waals surface area (Å²) in [7, 11) is -2.05. The van der Waals surface area contributed by atoms with Crippen molar-refractivity contribution in [3.8, 4) is 11.1 Å². The minimum Gasteiger partial charge on any atom is -0.379 e. The van der Waals surface area contributed by atoms with Gasteiger partial charge in [-0.3, -0.25) is 9.10 Å². The molecule has 1 amide bonds. The van der Waals surface area contributed by atoms with Gasteiger partial charge in [-0.1, -0.05) is 18.2 Å². The number of anilines is 1.